The number of nitrogens with zero attached hydrogens (tertiary/aromatic N) is 1. The van der Waals surface area contributed by atoms with Crippen LogP contribution in [0.2, 0.25) is 0 Å². The lowest BCUT2D eigenvalue weighted by atomic mass is 9.94. The lowest BCUT2D eigenvalue weighted by Gasteiger charge is -2.07. The molecule has 0 amide bonds. The van der Waals surface area contributed by atoms with Crippen LogP contribution in [0, 0.1) is 22.7 Å². The fourth-order valence-electron chi connectivity index (χ4n) is 0.470. The van der Waals surface area contributed by atoms with Crippen molar-refractivity contribution < 1.29 is 0 Å². The Morgan fingerprint density at radius 1 is 1.40 bits per heavy atom. The first-order valence-corrected chi connectivity index (χ1v) is 3.58. The highest BCUT2D eigenvalue weighted by Gasteiger charge is 2.10. The van der Waals surface area contributed by atoms with E-state index in [0.717, 1.165) is 0 Å². The van der Waals surface area contributed by atoms with Crippen LogP contribution in [0.1, 0.15) is 27.7 Å². The van der Waals surface area contributed by atoms with Gasteiger partial charge < -0.3 is 0 Å². The first-order chi connectivity index (χ1) is 4.48. The van der Waals surface area contributed by atoms with Crippen molar-refractivity contribution in [1.82, 2.24) is 0 Å². The van der Waals surface area contributed by atoms with Crippen molar-refractivity contribution in [2.24, 2.45) is 11.3 Å². The van der Waals surface area contributed by atoms with Crippen molar-refractivity contribution in [1.29, 1.82) is 5.26 Å². The van der Waals surface area contributed by atoms with E-state index in [4.69, 9.17) is 5.26 Å². The van der Waals surface area contributed by atoms with Crippen LogP contribution in [-0.2, 0) is 0 Å². The molecule has 0 rings (SSSR count). The Kier molecular flexibility index (Phi) is 3.15. The molecule has 0 aromatic heterocycles. The zero-order valence-corrected chi connectivity index (χ0v) is 7.18. The SMILES string of the molecule is CC(C)/C=C/C(C)(C)C#N. The molecule has 0 saturated carbocycles. The summed E-state index contributed by atoms with van der Waals surface area (Å²) in [4.78, 5) is 0. The average molecular weight is 137 g/mol. The van der Waals surface area contributed by atoms with E-state index in [-0.39, 0.29) is 5.41 Å². The smallest absolute Gasteiger partial charge is 0.0725 e. The molecule has 0 saturated heterocycles. The minimum Gasteiger partial charge on any atom is -0.197 e. The fourth-order valence-corrected chi connectivity index (χ4v) is 0.470. The second-order valence-electron chi connectivity index (χ2n) is 3.44. The van der Waals surface area contributed by atoms with Gasteiger partial charge in [0.05, 0.1) is 11.5 Å². The van der Waals surface area contributed by atoms with E-state index in [0.29, 0.717) is 5.92 Å². The maximum atomic E-state index is 8.61. The molecule has 0 radical (unpaired) electrons. The summed E-state index contributed by atoms with van der Waals surface area (Å²) in [6.07, 6.45) is 4.01. The van der Waals surface area contributed by atoms with Crippen LogP contribution in [0.4, 0.5) is 0 Å². The van der Waals surface area contributed by atoms with Crippen molar-refractivity contribution in [2.75, 3.05) is 0 Å². The van der Waals surface area contributed by atoms with Crippen LogP contribution >= 0.6 is 0 Å². The van der Waals surface area contributed by atoms with Gasteiger partial charge in [-0.1, -0.05) is 26.0 Å². The standard InChI is InChI=1S/C9H15N/c1-8(2)5-6-9(3,4)7-10/h5-6,8H,1-4H3/b6-5+. The fraction of sp³-hybridized carbons (Fsp3) is 0.667. The molecule has 0 aromatic rings. The molecular formula is C9H15N. The second-order valence-corrected chi connectivity index (χ2v) is 3.44. The van der Waals surface area contributed by atoms with Gasteiger partial charge in [-0.2, -0.15) is 5.26 Å². The summed E-state index contributed by atoms with van der Waals surface area (Å²) in [6, 6.07) is 2.21. The summed E-state index contributed by atoms with van der Waals surface area (Å²) in [5, 5.41) is 8.61. The van der Waals surface area contributed by atoms with Crippen LogP contribution in [-0.4, -0.2) is 0 Å². The van der Waals surface area contributed by atoms with E-state index in [2.05, 4.69) is 26.0 Å². The molecule has 0 aliphatic rings. The Hall–Kier alpha value is -0.770. The maximum absolute atomic E-state index is 8.61. The monoisotopic (exact) mass is 137 g/mol. The van der Waals surface area contributed by atoms with Gasteiger partial charge in [0.15, 0.2) is 0 Å². The third-order valence-corrected chi connectivity index (χ3v) is 1.19. The van der Waals surface area contributed by atoms with Crippen LogP contribution < -0.4 is 0 Å². The summed E-state index contributed by atoms with van der Waals surface area (Å²) in [6.45, 7) is 8.02. The molecule has 56 valence electrons. The Balaban J connectivity index is 4.03. The first kappa shape index (κ1) is 9.23. The second kappa shape index (κ2) is 3.41. The van der Waals surface area contributed by atoms with Crippen molar-refractivity contribution in [3.8, 4) is 6.07 Å². The molecule has 0 aromatic carbocycles. The van der Waals surface area contributed by atoms with E-state index >= 15 is 0 Å². The highest BCUT2D eigenvalue weighted by molar-refractivity contribution is 5.08. The van der Waals surface area contributed by atoms with Gasteiger partial charge >= 0.3 is 0 Å². The highest BCUT2D eigenvalue weighted by atomic mass is 14.3. The molecule has 1 nitrogen and oxygen atoms in total. The Labute approximate surface area is 63.4 Å². The highest BCUT2D eigenvalue weighted by Crippen LogP contribution is 2.15. The topological polar surface area (TPSA) is 23.8 Å². The van der Waals surface area contributed by atoms with Crippen LogP contribution in [0.25, 0.3) is 0 Å². The quantitative estimate of drug-likeness (QED) is 0.537. The number of hydrogen-bond acceptors (Lipinski definition) is 1. The minimum absolute atomic E-state index is 0.301. The van der Waals surface area contributed by atoms with E-state index in [1.54, 1.807) is 0 Å². The summed E-state index contributed by atoms with van der Waals surface area (Å²) in [5.74, 6) is 0.535. The number of rotatable bonds is 2. The molecule has 0 unspecified atom stereocenters. The van der Waals surface area contributed by atoms with Gasteiger partial charge in [0.1, 0.15) is 0 Å². The third-order valence-electron chi connectivity index (χ3n) is 1.19. The van der Waals surface area contributed by atoms with Crippen LogP contribution in [0.15, 0.2) is 12.2 Å². The number of nitriles is 1. The van der Waals surface area contributed by atoms with Gasteiger partial charge in [0.25, 0.3) is 0 Å². The Bertz CT molecular complexity index is 158. The van der Waals surface area contributed by atoms with Crippen molar-refractivity contribution in [3.63, 3.8) is 0 Å². The summed E-state index contributed by atoms with van der Waals surface area (Å²) < 4.78 is 0. The molecular weight excluding hydrogens is 122 g/mol. The largest absolute Gasteiger partial charge is 0.197 e. The molecule has 0 bridgehead atoms. The molecule has 0 aliphatic carbocycles. The van der Waals surface area contributed by atoms with Gasteiger partial charge in [0, 0.05) is 0 Å². The lowest BCUT2D eigenvalue weighted by molar-refractivity contribution is 0.634. The molecule has 1 heteroatoms. The number of hydrogen-bond donors (Lipinski definition) is 0. The van der Waals surface area contributed by atoms with Gasteiger partial charge in [-0.15, -0.1) is 0 Å². The zero-order chi connectivity index (χ0) is 8.20. The third kappa shape index (κ3) is 4.14. The van der Waals surface area contributed by atoms with Gasteiger partial charge in [-0.3, -0.25) is 0 Å². The molecule has 10 heavy (non-hydrogen) atoms. The van der Waals surface area contributed by atoms with E-state index in [1.165, 1.54) is 0 Å². The molecule has 0 spiro atoms. The summed E-state index contributed by atoms with van der Waals surface area (Å²) in [5.41, 5.74) is -0.301. The molecule has 0 fully saturated rings. The lowest BCUT2D eigenvalue weighted by Crippen LogP contribution is -2.02. The van der Waals surface area contributed by atoms with Crippen molar-refractivity contribution >= 4 is 0 Å². The van der Waals surface area contributed by atoms with E-state index in [1.807, 2.05) is 19.9 Å². The molecule has 0 N–H and O–H groups in total. The first-order valence-electron chi connectivity index (χ1n) is 3.58. The zero-order valence-electron chi connectivity index (χ0n) is 7.18. The van der Waals surface area contributed by atoms with Crippen LogP contribution in [0.3, 0.4) is 0 Å². The minimum atomic E-state index is -0.301. The van der Waals surface area contributed by atoms with E-state index < -0.39 is 0 Å². The summed E-state index contributed by atoms with van der Waals surface area (Å²) in [7, 11) is 0. The van der Waals surface area contributed by atoms with Crippen molar-refractivity contribution in [3.05, 3.63) is 12.2 Å². The van der Waals surface area contributed by atoms with Crippen molar-refractivity contribution in [2.45, 2.75) is 27.7 Å². The normalized spacial score (nSPS) is 12.4. The Morgan fingerprint density at radius 2 is 1.90 bits per heavy atom. The molecule has 0 aliphatic heterocycles. The summed E-state index contributed by atoms with van der Waals surface area (Å²) >= 11 is 0. The average Bonchev–Trinajstić information content (AvgIpc) is 1.85. The van der Waals surface area contributed by atoms with E-state index in [9.17, 15) is 0 Å². The molecule has 0 atom stereocenters. The van der Waals surface area contributed by atoms with Gasteiger partial charge in [0.2, 0.25) is 0 Å². The number of allylic oxidation sites excluding steroid dienone is 2. The Morgan fingerprint density at radius 3 is 2.20 bits per heavy atom. The predicted octanol–water partition coefficient (Wildman–Crippen LogP) is 2.75. The molecule has 0 heterocycles. The maximum Gasteiger partial charge on any atom is 0.0725 e. The predicted molar refractivity (Wildman–Crippen MR) is 43.4 cm³/mol. The van der Waals surface area contributed by atoms with Gasteiger partial charge in [-0.05, 0) is 19.8 Å². The van der Waals surface area contributed by atoms with Gasteiger partial charge in [-0.25, -0.2) is 0 Å². The van der Waals surface area contributed by atoms with Crippen LogP contribution in [0.5, 0.6) is 0 Å².